The van der Waals surface area contributed by atoms with E-state index in [4.69, 9.17) is 4.74 Å². The first-order valence-electron chi connectivity index (χ1n) is 7.72. The maximum atomic E-state index is 11.6. The van der Waals surface area contributed by atoms with Gasteiger partial charge in [0.15, 0.2) is 0 Å². The van der Waals surface area contributed by atoms with E-state index in [2.05, 4.69) is 35.6 Å². The highest BCUT2D eigenvalue weighted by atomic mass is 32.2. The number of ether oxygens (including phenoxy) is 1. The summed E-state index contributed by atoms with van der Waals surface area (Å²) in [4.78, 5) is 12.8. The third kappa shape index (κ3) is 4.77. The van der Waals surface area contributed by atoms with E-state index in [0.29, 0.717) is 5.75 Å². The van der Waals surface area contributed by atoms with Crippen molar-refractivity contribution in [3.63, 3.8) is 0 Å². The van der Waals surface area contributed by atoms with Crippen molar-refractivity contribution in [3.8, 4) is 0 Å². The monoisotopic (exact) mass is 336 g/mol. The lowest BCUT2D eigenvalue weighted by Gasteiger charge is -2.07. The molecule has 0 aliphatic rings. The molecule has 1 radical (unpaired) electrons. The van der Waals surface area contributed by atoms with E-state index in [9.17, 15) is 4.79 Å². The zero-order chi connectivity index (χ0) is 16.6. The summed E-state index contributed by atoms with van der Waals surface area (Å²) in [5, 5.41) is 5.10. The van der Waals surface area contributed by atoms with E-state index < -0.39 is 6.09 Å². The summed E-state index contributed by atoms with van der Waals surface area (Å²) >= 11 is 1.67. The summed E-state index contributed by atoms with van der Waals surface area (Å²) in [5.41, 5.74) is 0.971. The highest BCUT2D eigenvalue weighted by molar-refractivity contribution is 7.99. The number of benzene rings is 3. The predicted molar refractivity (Wildman–Crippen MR) is 98.7 cm³/mol. The number of amides is 1. The van der Waals surface area contributed by atoms with Crippen LogP contribution in [0, 0.1) is 6.54 Å². The molecular formula is C20H18NO2S. The second-order valence-corrected chi connectivity index (χ2v) is 6.32. The van der Waals surface area contributed by atoms with Crippen LogP contribution in [-0.4, -0.2) is 11.8 Å². The minimum atomic E-state index is -0.432. The molecule has 3 aromatic carbocycles. The lowest BCUT2D eigenvalue weighted by Crippen LogP contribution is -2.22. The number of alkyl carbamates (subject to hydrolysis) is 1. The van der Waals surface area contributed by atoms with E-state index in [1.54, 1.807) is 18.3 Å². The van der Waals surface area contributed by atoms with Crippen LogP contribution in [0.25, 0.3) is 10.8 Å². The summed E-state index contributed by atoms with van der Waals surface area (Å²) in [5.74, 6) is 0.679. The van der Waals surface area contributed by atoms with Crippen molar-refractivity contribution in [3.05, 3.63) is 84.9 Å². The van der Waals surface area contributed by atoms with Crippen LogP contribution in [-0.2, 0) is 11.3 Å². The van der Waals surface area contributed by atoms with Gasteiger partial charge in [-0.15, -0.1) is 11.8 Å². The van der Waals surface area contributed by atoms with Gasteiger partial charge in [0.25, 0.3) is 0 Å². The van der Waals surface area contributed by atoms with E-state index >= 15 is 0 Å². The molecule has 1 amide bonds. The standard InChI is InChI=1S/C20H18NO2S/c22-20(23-15-16-6-2-1-3-7-16)21-12-13-24-19-11-10-17-8-4-5-9-18(17)14-19/h1-12,14H,13,15H2,(H,21,22). The summed E-state index contributed by atoms with van der Waals surface area (Å²) in [6, 6.07) is 24.2. The summed E-state index contributed by atoms with van der Waals surface area (Å²) in [6.07, 6.45) is -0.432. The quantitative estimate of drug-likeness (QED) is 0.507. The van der Waals surface area contributed by atoms with Gasteiger partial charge < -0.3 is 10.1 Å². The topological polar surface area (TPSA) is 38.3 Å². The Bertz CT molecular complexity index is 805. The molecule has 0 saturated heterocycles. The number of fused-ring (bicyclic) bond motifs is 1. The van der Waals surface area contributed by atoms with Crippen LogP contribution < -0.4 is 5.32 Å². The third-order valence-electron chi connectivity index (χ3n) is 3.49. The Morgan fingerprint density at radius 1 is 0.958 bits per heavy atom. The molecule has 0 aliphatic heterocycles. The first-order chi connectivity index (χ1) is 11.8. The smallest absolute Gasteiger partial charge is 0.407 e. The highest BCUT2D eigenvalue weighted by Crippen LogP contribution is 2.23. The van der Waals surface area contributed by atoms with Gasteiger partial charge in [-0.1, -0.05) is 60.7 Å². The zero-order valence-corrected chi connectivity index (χ0v) is 14.0. The van der Waals surface area contributed by atoms with Gasteiger partial charge >= 0.3 is 6.09 Å². The average molecular weight is 336 g/mol. The van der Waals surface area contributed by atoms with Crippen LogP contribution in [0.3, 0.4) is 0 Å². The normalized spacial score (nSPS) is 10.5. The number of nitrogens with one attached hydrogen (secondary N) is 1. The fraction of sp³-hybridized carbons (Fsp3) is 0.100. The van der Waals surface area contributed by atoms with Gasteiger partial charge in [0.2, 0.25) is 0 Å². The Morgan fingerprint density at radius 2 is 1.71 bits per heavy atom. The van der Waals surface area contributed by atoms with Gasteiger partial charge in [0.1, 0.15) is 6.61 Å². The molecule has 0 aromatic heterocycles. The molecule has 4 heteroatoms. The molecule has 0 saturated carbocycles. The summed E-state index contributed by atoms with van der Waals surface area (Å²) in [6.45, 7) is 1.99. The molecule has 3 rings (SSSR count). The van der Waals surface area contributed by atoms with Gasteiger partial charge in [-0.2, -0.15) is 0 Å². The van der Waals surface area contributed by atoms with Crippen molar-refractivity contribution < 1.29 is 9.53 Å². The third-order valence-corrected chi connectivity index (χ3v) is 4.41. The van der Waals surface area contributed by atoms with Gasteiger partial charge in [0.05, 0.1) is 6.54 Å². The number of hydrogen-bond donors (Lipinski definition) is 1. The number of carbonyl (C=O) groups is 1. The molecule has 0 heterocycles. The van der Waals surface area contributed by atoms with Gasteiger partial charge in [0, 0.05) is 10.6 Å². The number of rotatable bonds is 6. The maximum absolute atomic E-state index is 11.6. The Morgan fingerprint density at radius 3 is 2.54 bits per heavy atom. The lowest BCUT2D eigenvalue weighted by molar-refractivity contribution is 0.142. The Balaban J connectivity index is 1.39. The maximum Gasteiger partial charge on any atom is 0.407 e. The van der Waals surface area contributed by atoms with Crippen molar-refractivity contribution in [1.29, 1.82) is 0 Å². The number of hydrogen-bond acceptors (Lipinski definition) is 3. The highest BCUT2D eigenvalue weighted by Gasteiger charge is 2.03. The van der Waals surface area contributed by atoms with Gasteiger partial charge in [-0.3, -0.25) is 0 Å². The zero-order valence-electron chi connectivity index (χ0n) is 13.1. The van der Waals surface area contributed by atoms with E-state index in [1.165, 1.54) is 15.7 Å². The van der Waals surface area contributed by atoms with Crippen LogP contribution in [0.4, 0.5) is 4.79 Å². The molecule has 0 aliphatic carbocycles. The van der Waals surface area contributed by atoms with Gasteiger partial charge in [-0.05, 0) is 28.5 Å². The van der Waals surface area contributed by atoms with E-state index in [0.717, 1.165) is 5.56 Å². The van der Waals surface area contributed by atoms with Crippen molar-refractivity contribution in [2.45, 2.75) is 11.5 Å². The molecule has 0 bridgehead atoms. The van der Waals surface area contributed by atoms with Crippen molar-refractivity contribution in [2.24, 2.45) is 0 Å². The second-order valence-electron chi connectivity index (χ2n) is 5.23. The molecule has 3 aromatic rings. The largest absolute Gasteiger partial charge is 0.445 e. The second kappa shape index (κ2) is 8.41. The van der Waals surface area contributed by atoms with Crippen molar-refractivity contribution in [1.82, 2.24) is 5.32 Å². The SMILES string of the molecule is O=C(N[CH]CSc1ccc2ccccc2c1)OCc1ccccc1. The predicted octanol–water partition coefficient (Wildman–Crippen LogP) is 5.02. The van der Waals surface area contributed by atoms with Crippen LogP contribution in [0.5, 0.6) is 0 Å². The molecule has 0 fully saturated rings. The fourth-order valence-electron chi connectivity index (χ4n) is 2.28. The van der Waals surface area contributed by atoms with Crippen LogP contribution in [0.1, 0.15) is 5.56 Å². The summed E-state index contributed by atoms with van der Waals surface area (Å²) < 4.78 is 5.15. The molecule has 0 unspecified atom stereocenters. The molecular weight excluding hydrogens is 318 g/mol. The minimum absolute atomic E-state index is 0.276. The first kappa shape index (κ1) is 16.4. The van der Waals surface area contributed by atoms with Crippen LogP contribution in [0.15, 0.2) is 77.7 Å². The van der Waals surface area contributed by atoms with Gasteiger partial charge in [-0.25, -0.2) is 4.79 Å². The van der Waals surface area contributed by atoms with Crippen LogP contribution >= 0.6 is 11.8 Å². The number of carbonyl (C=O) groups excluding carboxylic acids is 1. The Hall–Kier alpha value is -2.46. The van der Waals surface area contributed by atoms with Crippen molar-refractivity contribution in [2.75, 3.05) is 5.75 Å². The van der Waals surface area contributed by atoms with E-state index in [-0.39, 0.29) is 6.61 Å². The molecule has 121 valence electrons. The van der Waals surface area contributed by atoms with Crippen LogP contribution in [0.2, 0.25) is 0 Å². The van der Waals surface area contributed by atoms with E-state index in [1.807, 2.05) is 42.5 Å². The molecule has 3 nitrogen and oxygen atoms in total. The summed E-state index contributed by atoms with van der Waals surface area (Å²) in [7, 11) is 0. The lowest BCUT2D eigenvalue weighted by atomic mass is 10.1. The minimum Gasteiger partial charge on any atom is -0.445 e. The Kier molecular flexibility index (Phi) is 5.75. The molecule has 1 N–H and O–H groups in total. The number of thioether (sulfide) groups is 1. The molecule has 0 spiro atoms. The molecule has 0 atom stereocenters. The molecule has 24 heavy (non-hydrogen) atoms. The Labute approximate surface area is 146 Å². The first-order valence-corrected chi connectivity index (χ1v) is 8.70. The fourth-order valence-corrected chi connectivity index (χ4v) is 3.02. The van der Waals surface area contributed by atoms with Crippen molar-refractivity contribution >= 4 is 28.6 Å². The average Bonchev–Trinajstić information content (AvgIpc) is 2.64.